The maximum Gasteiger partial charge on any atom is 0.280 e. The molecule has 4 nitrogen and oxygen atoms in total. The topological polar surface area (TPSA) is 60.9 Å². The minimum Gasteiger partial charge on any atom is -0.334 e. The van der Waals surface area contributed by atoms with Crippen LogP contribution in [0.2, 0.25) is 5.02 Å². The predicted molar refractivity (Wildman–Crippen MR) is 94.8 cm³/mol. The Morgan fingerprint density at radius 3 is 2.83 bits per heavy atom. The van der Waals surface area contributed by atoms with Crippen molar-refractivity contribution >= 4 is 50.2 Å². The van der Waals surface area contributed by atoms with Crippen molar-refractivity contribution in [1.29, 1.82) is 0 Å². The zero-order valence-corrected chi connectivity index (χ0v) is 14.8. The van der Waals surface area contributed by atoms with Gasteiger partial charge >= 0.3 is 0 Å². The molecule has 1 aromatic heterocycles. The average Bonchev–Trinajstić information content (AvgIpc) is 2.50. The lowest BCUT2D eigenvalue weighted by molar-refractivity contribution is 0.616. The summed E-state index contributed by atoms with van der Waals surface area (Å²) in [5, 5.41) is 1.16. The Balaban J connectivity index is 1.96. The minimum absolute atomic E-state index is 0.298. The summed E-state index contributed by atoms with van der Waals surface area (Å²) in [4.78, 5) is 16.6. The van der Waals surface area contributed by atoms with Crippen LogP contribution in [0.1, 0.15) is 5.56 Å². The van der Waals surface area contributed by atoms with Gasteiger partial charge in [0.15, 0.2) is 5.16 Å². The van der Waals surface area contributed by atoms with E-state index in [1.54, 1.807) is 30.3 Å². The van der Waals surface area contributed by atoms with Crippen molar-refractivity contribution in [3.8, 4) is 0 Å². The van der Waals surface area contributed by atoms with Crippen LogP contribution in [0.3, 0.4) is 0 Å². The Bertz CT molecular complexity index is 963. The number of hydrogen-bond donors (Lipinski definition) is 1. The molecule has 2 N–H and O–H groups in total. The molecule has 0 unspecified atom stereocenters. The summed E-state index contributed by atoms with van der Waals surface area (Å²) in [7, 11) is 0. The van der Waals surface area contributed by atoms with E-state index in [-0.39, 0.29) is 11.4 Å². The van der Waals surface area contributed by atoms with Gasteiger partial charge in [-0.1, -0.05) is 45.4 Å². The summed E-state index contributed by atoms with van der Waals surface area (Å²) in [6.07, 6.45) is 0. The van der Waals surface area contributed by atoms with E-state index in [2.05, 4.69) is 20.9 Å². The smallest absolute Gasteiger partial charge is 0.280 e. The molecule has 0 amide bonds. The molecule has 2 aromatic carbocycles. The Labute approximate surface area is 148 Å². The molecular formula is C15H10BrClFN3OS. The first kappa shape index (κ1) is 16.3. The van der Waals surface area contributed by atoms with Gasteiger partial charge in [0.05, 0.1) is 10.9 Å². The lowest BCUT2D eigenvalue weighted by Gasteiger charge is -2.09. The molecule has 0 aliphatic rings. The van der Waals surface area contributed by atoms with Crippen molar-refractivity contribution in [3.05, 3.63) is 67.6 Å². The van der Waals surface area contributed by atoms with E-state index in [0.29, 0.717) is 36.9 Å². The number of fused-ring (bicyclic) bond motifs is 1. The molecule has 3 rings (SSSR count). The first-order chi connectivity index (χ1) is 11.0. The Hall–Kier alpha value is -1.57. The van der Waals surface area contributed by atoms with Gasteiger partial charge in [-0.15, -0.1) is 0 Å². The first-order valence-corrected chi connectivity index (χ1v) is 8.65. The van der Waals surface area contributed by atoms with Gasteiger partial charge in [0, 0.05) is 15.2 Å². The predicted octanol–water partition coefficient (Wildman–Crippen LogP) is 3.96. The highest BCUT2D eigenvalue weighted by molar-refractivity contribution is 9.10. The Morgan fingerprint density at radius 1 is 1.30 bits per heavy atom. The highest BCUT2D eigenvalue weighted by Crippen LogP contribution is 2.25. The highest BCUT2D eigenvalue weighted by atomic mass is 79.9. The Morgan fingerprint density at radius 2 is 2.09 bits per heavy atom. The molecule has 0 spiro atoms. The summed E-state index contributed by atoms with van der Waals surface area (Å²) >= 11 is 10.3. The van der Waals surface area contributed by atoms with Crippen molar-refractivity contribution < 1.29 is 4.39 Å². The van der Waals surface area contributed by atoms with Crippen molar-refractivity contribution in [2.75, 3.05) is 5.84 Å². The number of halogens is 3. The SMILES string of the molecule is Nn1c(SCc2ccc(Br)cc2F)nc2cc(Cl)ccc2c1=O. The third kappa shape index (κ3) is 3.36. The molecule has 0 radical (unpaired) electrons. The molecule has 3 aromatic rings. The summed E-state index contributed by atoms with van der Waals surface area (Å²) in [5.41, 5.74) is 0.590. The van der Waals surface area contributed by atoms with Crippen molar-refractivity contribution in [2.24, 2.45) is 0 Å². The number of hydrogen-bond acceptors (Lipinski definition) is 4. The van der Waals surface area contributed by atoms with Crippen molar-refractivity contribution in [1.82, 2.24) is 9.66 Å². The van der Waals surface area contributed by atoms with Crippen LogP contribution >= 0.6 is 39.3 Å². The van der Waals surface area contributed by atoms with Crippen molar-refractivity contribution in [3.63, 3.8) is 0 Å². The van der Waals surface area contributed by atoms with Crippen LogP contribution in [0.15, 0.2) is 50.8 Å². The third-order valence-corrected chi connectivity index (χ3v) is 4.93. The van der Waals surface area contributed by atoms with Gasteiger partial charge in [-0.25, -0.2) is 14.1 Å². The molecule has 0 fully saturated rings. The molecule has 23 heavy (non-hydrogen) atoms. The molecular weight excluding hydrogens is 405 g/mol. The van der Waals surface area contributed by atoms with E-state index in [1.165, 1.54) is 17.8 Å². The number of nitrogens with two attached hydrogens (primary N) is 1. The second kappa shape index (κ2) is 6.51. The number of thioether (sulfide) groups is 1. The monoisotopic (exact) mass is 413 g/mol. The van der Waals surface area contributed by atoms with Crippen LogP contribution < -0.4 is 11.4 Å². The Kier molecular flexibility index (Phi) is 4.61. The van der Waals surface area contributed by atoms with Gasteiger partial charge in [0.2, 0.25) is 0 Å². The van der Waals surface area contributed by atoms with E-state index < -0.39 is 0 Å². The van der Waals surface area contributed by atoms with E-state index in [9.17, 15) is 9.18 Å². The quantitative estimate of drug-likeness (QED) is 0.400. The molecule has 0 saturated carbocycles. The second-order valence-corrected chi connectivity index (χ2v) is 7.05. The third-order valence-electron chi connectivity index (χ3n) is 3.20. The fraction of sp³-hybridized carbons (Fsp3) is 0.0667. The molecule has 0 aliphatic heterocycles. The van der Waals surface area contributed by atoms with Crippen LogP contribution in [0.25, 0.3) is 10.9 Å². The molecule has 1 heterocycles. The fourth-order valence-corrected chi connectivity index (χ4v) is 3.44. The van der Waals surface area contributed by atoms with E-state index in [1.807, 2.05) is 0 Å². The van der Waals surface area contributed by atoms with Gasteiger partial charge in [0.25, 0.3) is 5.56 Å². The van der Waals surface area contributed by atoms with Crippen LogP contribution in [0, 0.1) is 5.82 Å². The molecule has 0 bridgehead atoms. The summed E-state index contributed by atoms with van der Waals surface area (Å²) in [6, 6.07) is 9.60. The average molecular weight is 415 g/mol. The zero-order valence-electron chi connectivity index (χ0n) is 11.6. The molecule has 0 atom stereocenters. The van der Waals surface area contributed by atoms with E-state index >= 15 is 0 Å². The number of benzene rings is 2. The molecule has 8 heteroatoms. The van der Waals surface area contributed by atoms with Gasteiger partial charge < -0.3 is 5.84 Å². The van der Waals surface area contributed by atoms with Gasteiger partial charge in [-0.2, -0.15) is 0 Å². The lowest BCUT2D eigenvalue weighted by atomic mass is 10.2. The van der Waals surface area contributed by atoms with Gasteiger partial charge in [0.1, 0.15) is 5.82 Å². The van der Waals surface area contributed by atoms with Gasteiger partial charge in [-0.3, -0.25) is 4.79 Å². The molecule has 118 valence electrons. The fourth-order valence-electron chi connectivity index (χ4n) is 2.03. The maximum absolute atomic E-state index is 13.9. The second-order valence-electron chi connectivity index (χ2n) is 4.76. The van der Waals surface area contributed by atoms with Gasteiger partial charge in [-0.05, 0) is 35.9 Å². The number of aromatic nitrogens is 2. The lowest BCUT2D eigenvalue weighted by Crippen LogP contribution is -2.29. The molecule has 0 saturated heterocycles. The first-order valence-electron chi connectivity index (χ1n) is 6.50. The minimum atomic E-state index is -0.370. The number of nitrogens with zero attached hydrogens (tertiary/aromatic N) is 2. The summed E-state index contributed by atoms with van der Waals surface area (Å²) in [5.74, 6) is 5.77. The molecule has 0 aliphatic carbocycles. The number of rotatable bonds is 3. The van der Waals surface area contributed by atoms with E-state index in [4.69, 9.17) is 17.4 Å². The van der Waals surface area contributed by atoms with Crippen molar-refractivity contribution in [2.45, 2.75) is 10.9 Å². The normalized spacial score (nSPS) is 11.1. The highest BCUT2D eigenvalue weighted by Gasteiger charge is 2.11. The van der Waals surface area contributed by atoms with Crippen LogP contribution in [0.4, 0.5) is 4.39 Å². The number of nitrogen functional groups attached to an aromatic ring is 1. The zero-order chi connectivity index (χ0) is 16.6. The standard InChI is InChI=1S/C15H10BrClFN3OS/c16-9-2-1-8(12(18)5-9)7-23-15-20-13-6-10(17)3-4-11(13)14(22)21(15)19/h1-6H,7,19H2. The van der Waals surface area contributed by atoms with Crippen LogP contribution in [-0.4, -0.2) is 9.66 Å². The van der Waals surface area contributed by atoms with E-state index in [0.717, 1.165) is 4.68 Å². The largest absolute Gasteiger partial charge is 0.334 e. The summed E-state index contributed by atoms with van der Waals surface area (Å²) in [6.45, 7) is 0. The van der Waals surface area contributed by atoms with Crippen LogP contribution in [0.5, 0.6) is 0 Å². The summed E-state index contributed by atoms with van der Waals surface area (Å²) < 4.78 is 15.5. The maximum atomic E-state index is 13.9. The van der Waals surface area contributed by atoms with Crippen LogP contribution in [-0.2, 0) is 5.75 Å².